The van der Waals surface area contributed by atoms with Crippen molar-refractivity contribution >= 4 is 29.8 Å². The number of nitrogens with zero attached hydrogens (tertiary/aromatic N) is 2. The molecule has 10 heteroatoms. The van der Waals surface area contributed by atoms with Crippen LogP contribution < -0.4 is 5.32 Å². The quantitative estimate of drug-likeness (QED) is 0.572. The number of morpholine rings is 1. The minimum absolute atomic E-state index is 0. The Balaban J connectivity index is 0.00000259. The highest BCUT2D eigenvalue weighted by Crippen LogP contribution is 2.53. The maximum absolute atomic E-state index is 13.7. The van der Waals surface area contributed by atoms with E-state index in [0.717, 1.165) is 48.9 Å². The van der Waals surface area contributed by atoms with Crippen LogP contribution in [-0.4, -0.2) is 42.1 Å². The highest BCUT2D eigenvalue weighted by atomic mass is 35.5. The molecular weight excluding hydrogens is 462 g/mol. The van der Waals surface area contributed by atoms with Crippen molar-refractivity contribution in [3.63, 3.8) is 0 Å². The number of benzene rings is 1. The number of amides is 1. The summed E-state index contributed by atoms with van der Waals surface area (Å²) < 4.78 is 58.5. The molecule has 0 atom stereocenters. The molecule has 3 aliphatic carbocycles. The largest absolute Gasteiger partial charge is 0.419 e. The second kappa shape index (κ2) is 9.10. The summed E-state index contributed by atoms with van der Waals surface area (Å²) in [5, 5.41) is 2.98. The zero-order valence-electron chi connectivity index (χ0n) is 17.8. The summed E-state index contributed by atoms with van der Waals surface area (Å²) in [4.78, 5) is 19.5. The summed E-state index contributed by atoms with van der Waals surface area (Å²) in [5.41, 5.74) is 1.26. The fourth-order valence-electron chi connectivity index (χ4n) is 5.23. The molecule has 4 aliphatic rings. The van der Waals surface area contributed by atoms with Crippen molar-refractivity contribution in [1.29, 1.82) is 0 Å². The number of carbonyl (C=O) groups is 1. The Hall–Kier alpha value is -2.39. The van der Waals surface area contributed by atoms with Gasteiger partial charge in [0.05, 0.1) is 24.3 Å². The van der Waals surface area contributed by atoms with Gasteiger partial charge in [-0.15, -0.1) is 12.4 Å². The van der Waals surface area contributed by atoms with Crippen LogP contribution in [0.3, 0.4) is 0 Å². The Morgan fingerprint density at radius 1 is 1.06 bits per heavy atom. The van der Waals surface area contributed by atoms with E-state index in [-0.39, 0.29) is 35.8 Å². The second-order valence-corrected chi connectivity index (χ2v) is 8.62. The van der Waals surface area contributed by atoms with Crippen molar-refractivity contribution in [2.75, 3.05) is 31.6 Å². The summed E-state index contributed by atoms with van der Waals surface area (Å²) in [6.07, 6.45) is 0.634. The molecule has 0 unspecified atom stereocenters. The van der Waals surface area contributed by atoms with Crippen LogP contribution in [0.25, 0.3) is 0 Å². The second-order valence-electron chi connectivity index (χ2n) is 8.62. The number of rotatable bonds is 3. The van der Waals surface area contributed by atoms with E-state index >= 15 is 0 Å². The van der Waals surface area contributed by atoms with E-state index in [0.29, 0.717) is 37.7 Å². The number of hydrogen-bond acceptors (Lipinski definition) is 4. The molecular formula is C23H24ClF4N3O2. The molecule has 1 amide bonds. The molecule has 178 valence electrons. The van der Waals surface area contributed by atoms with Gasteiger partial charge < -0.3 is 15.0 Å². The average molecular weight is 486 g/mol. The monoisotopic (exact) mass is 485 g/mol. The maximum atomic E-state index is 13.7. The molecule has 1 aromatic carbocycles. The van der Waals surface area contributed by atoms with Gasteiger partial charge in [-0.25, -0.2) is 9.37 Å². The van der Waals surface area contributed by atoms with Crippen molar-refractivity contribution in [3.8, 4) is 0 Å². The third kappa shape index (κ3) is 4.40. The topological polar surface area (TPSA) is 54.5 Å². The fraction of sp³-hybridized carbons (Fsp3) is 0.478. The van der Waals surface area contributed by atoms with Gasteiger partial charge in [-0.2, -0.15) is 13.2 Å². The van der Waals surface area contributed by atoms with Gasteiger partial charge in [-0.3, -0.25) is 4.79 Å². The molecule has 1 saturated heterocycles. The standard InChI is InChI=1S/C23H23F4N3O2.ClH/c24-18-6-5-15(11-17(18)23(25,26)27)29-21-20-14-3-1-13(2-4-14)19(20)16(12-28-21)22(31)30-7-9-32-10-8-30;/h5-6,11-14H,1-4,7-10H2,(H,28,29);1H. The lowest BCUT2D eigenvalue weighted by molar-refractivity contribution is -0.139. The number of alkyl halides is 3. The van der Waals surface area contributed by atoms with Crippen LogP contribution >= 0.6 is 12.4 Å². The molecule has 1 aliphatic heterocycles. The van der Waals surface area contributed by atoms with Crippen LogP contribution in [0.15, 0.2) is 24.4 Å². The number of carbonyl (C=O) groups excluding carboxylic acids is 1. The van der Waals surface area contributed by atoms with Crippen molar-refractivity contribution in [2.45, 2.75) is 43.7 Å². The zero-order valence-corrected chi connectivity index (χ0v) is 18.6. The highest BCUT2D eigenvalue weighted by molar-refractivity contribution is 5.97. The third-order valence-corrected chi connectivity index (χ3v) is 6.77. The third-order valence-electron chi connectivity index (χ3n) is 6.77. The summed E-state index contributed by atoms with van der Waals surface area (Å²) in [6, 6.07) is 2.84. The van der Waals surface area contributed by atoms with Crippen LogP contribution in [-0.2, 0) is 10.9 Å². The highest BCUT2D eigenvalue weighted by Gasteiger charge is 2.39. The Morgan fingerprint density at radius 2 is 1.70 bits per heavy atom. The maximum Gasteiger partial charge on any atom is 0.419 e. The number of pyridine rings is 1. The minimum atomic E-state index is -4.79. The van der Waals surface area contributed by atoms with Crippen molar-refractivity contribution in [2.24, 2.45) is 0 Å². The number of anilines is 2. The van der Waals surface area contributed by atoms with Gasteiger partial charge in [0.15, 0.2) is 0 Å². The fourth-order valence-corrected chi connectivity index (χ4v) is 5.23. The van der Waals surface area contributed by atoms with E-state index in [2.05, 4.69) is 10.3 Å². The van der Waals surface area contributed by atoms with Gasteiger partial charge in [0.25, 0.3) is 5.91 Å². The van der Waals surface area contributed by atoms with Gasteiger partial charge in [-0.1, -0.05) is 0 Å². The molecule has 0 radical (unpaired) electrons. The molecule has 6 rings (SSSR count). The summed E-state index contributed by atoms with van der Waals surface area (Å²) in [5.74, 6) is -0.504. The lowest BCUT2D eigenvalue weighted by Gasteiger charge is -2.40. The van der Waals surface area contributed by atoms with E-state index in [1.807, 2.05) is 0 Å². The molecule has 2 aromatic rings. The molecule has 1 saturated carbocycles. The number of nitrogens with one attached hydrogen (secondary N) is 1. The van der Waals surface area contributed by atoms with Crippen LogP contribution in [0, 0.1) is 5.82 Å². The van der Waals surface area contributed by atoms with Gasteiger partial charge in [0.1, 0.15) is 11.6 Å². The molecule has 2 heterocycles. The van der Waals surface area contributed by atoms with E-state index in [9.17, 15) is 22.4 Å². The smallest absolute Gasteiger partial charge is 0.378 e. The molecule has 2 fully saturated rings. The van der Waals surface area contributed by atoms with Crippen LogP contribution in [0.5, 0.6) is 0 Å². The van der Waals surface area contributed by atoms with Crippen molar-refractivity contribution < 1.29 is 27.1 Å². The van der Waals surface area contributed by atoms with Gasteiger partial charge in [0, 0.05) is 30.5 Å². The normalized spacial score (nSPS) is 21.9. The minimum Gasteiger partial charge on any atom is -0.378 e. The Morgan fingerprint density at radius 3 is 2.33 bits per heavy atom. The predicted octanol–water partition coefficient (Wildman–Crippen LogP) is 5.63. The van der Waals surface area contributed by atoms with Crippen LogP contribution in [0.4, 0.5) is 29.1 Å². The predicted molar refractivity (Wildman–Crippen MR) is 117 cm³/mol. The molecule has 2 bridgehead atoms. The number of ether oxygens (including phenoxy) is 1. The number of aromatic nitrogens is 1. The molecule has 1 N–H and O–H groups in total. The first-order chi connectivity index (χ1) is 15.3. The van der Waals surface area contributed by atoms with Crippen LogP contribution in [0.2, 0.25) is 0 Å². The molecule has 1 aromatic heterocycles. The Bertz CT molecular complexity index is 1050. The molecule has 33 heavy (non-hydrogen) atoms. The van der Waals surface area contributed by atoms with E-state index < -0.39 is 17.6 Å². The summed E-state index contributed by atoms with van der Waals surface area (Å²) >= 11 is 0. The molecule has 5 nitrogen and oxygen atoms in total. The summed E-state index contributed by atoms with van der Waals surface area (Å²) in [7, 11) is 0. The van der Waals surface area contributed by atoms with E-state index in [1.165, 1.54) is 12.3 Å². The van der Waals surface area contributed by atoms with E-state index in [4.69, 9.17) is 4.74 Å². The average Bonchev–Trinajstić information content (AvgIpc) is 2.80. The number of fused-ring (bicyclic) bond motifs is 2. The first-order valence-electron chi connectivity index (χ1n) is 10.9. The first kappa shape index (κ1) is 23.8. The van der Waals surface area contributed by atoms with Gasteiger partial charge in [0.2, 0.25) is 0 Å². The van der Waals surface area contributed by atoms with Gasteiger partial charge >= 0.3 is 6.18 Å². The lowest BCUT2D eigenvalue weighted by Crippen LogP contribution is -2.41. The Labute approximate surface area is 194 Å². The number of halogens is 5. The van der Waals surface area contributed by atoms with E-state index in [1.54, 1.807) is 4.90 Å². The SMILES string of the molecule is Cl.O=C(c1cnc(Nc2ccc(F)c(C(F)(F)F)c2)c2c1C1CCC2CC1)N1CCOCC1. The number of hydrogen-bond donors (Lipinski definition) is 1. The first-order valence-corrected chi connectivity index (χ1v) is 10.9. The van der Waals surface area contributed by atoms with Crippen molar-refractivity contribution in [3.05, 3.63) is 52.5 Å². The van der Waals surface area contributed by atoms with Crippen LogP contribution in [0.1, 0.15) is 64.6 Å². The van der Waals surface area contributed by atoms with Crippen molar-refractivity contribution in [1.82, 2.24) is 9.88 Å². The zero-order chi connectivity index (χ0) is 22.5. The molecule has 0 spiro atoms. The van der Waals surface area contributed by atoms with Gasteiger partial charge in [-0.05, 0) is 61.3 Å². The summed E-state index contributed by atoms with van der Waals surface area (Å²) in [6.45, 7) is 2.05. The lowest BCUT2D eigenvalue weighted by atomic mass is 9.66. The Kier molecular flexibility index (Phi) is 6.55.